The summed E-state index contributed by atoms with van der Waals surface area (Å²) in [6, 6.07) is 24.1. The van der Waals surface area contributed by atoms with Crippen molar-refractivity contribution < 1.29 is 19.3 Å². The normalized spacial score (nSPS) is 11.1. The van der Waals surface area contributed by atoms with Gasteiger partial charge in [-0.1, -0.05) is 36.4 Å². The van der Waals surface area contributed by atoms with Gasteiger partial charge in [-0.2, -0.15) is 0 Å². The van der Waals surface area contributed by atoms with Gasteiger partial charge in [-0.15, -0.1) is 0 Å². The van der Waals surface area contributed by atoms with Gasteiger partial charge in [0.1, 0.15) is 17.2 Å². The number of aliphatic hydroxyl groups is 1. The first kappa shape index (κ1) is 19.8. The average molecular weight is 378 g/mol. The zero-order valence-electron chi connectivity index (χ0n) is 16.5. The van der Waals surface area contributed by atoms with E-state index in [0.717, 1.165) is 33.9 Å². The highest BCUT2D eigenvalue weighted by Gasteiger charge is 2.36. The number of hydrogen-bond acceptors (Lipinski definition) is 4. The van der Waals surface area contributed by atoms with Gasteiger partial charge < -0.3 is 19.3 Å². The van der Waals surface area contributed by atoms with Crippen LogP contribution in [0.15, 0.2) is 72.8 Å². The second kappa shape index (κ2) is 8.81. The second-order valence-electron chi connectivity index (χ2n) is 6.56. The zero-order valence-corrected chi connectivity index (χ0v) is 16.5. The number of hydrogen-bond donors (Lipinski definition) is 1. The molecule has 3 aromatic rings. The maximum Gasteiger partial charge on any atom is 0.118 e. The van der Waals surface area contributed by atoms with Crippen LogP contribution in [0.5, 0.6) is 17.2 Å². The standard InChI is InChI=1S/C24H26O4/c1-26-21-10-4-18(5-11-21)24(16-17-25,19-6-12-22(27-2)13-7-19)20-8-14-23(28-3)15-9-20/h4-15,25H,16-17H2,1-3H3. The van der Waals surface area contributed by atoms with E-state index in [1.165, 1.54) is 0 Å². The average Bonchev–Trinajstić information content (AvgIpc) is 2.78. The molecule has 0 atom stereocenters. The maximum atomic E-state index is 10.0. The summed E-state index contributed by atoms with van der Waals surface area (Å²) in [7, 11) is 4.97. The lowest BCUT2D eigenvalue weighted by atomic mass is 9.67. The van der Waals surface area contributed by atoms with Crippen LogP contribution in [0.1, 0.15) is 23.1 Å². The maximum absolute atomic E-state index is 10.0. The molecule has 0 saturated heterocycles. The molecule has 4 nitrogen and oxygen atoms in total. The van der Waals surface area contributed by atoms with Crippen molar-refractivity contribution in [1.82, 2.24) is 0 Å². The predicted octanol–water partition coefficient (Wildman–Crippen LogP) is 4.43. The smallest absolute Gasteiger partial charge is 0.118 e. The molecule has 1 N–H and O–H groups in total. The van der Waals surface area contributed by atoms with Crippen molar-refractivity contribution in [3.63, 3.8) is 0 Å². The SMILES string of the molecule is COc1ccc(C(CCO)(c2ccc(OC)cc2)c2ccc(OC)cc2)cc1. The van der Waals surface area contributed by atoms with Gasteiger partial charge in [0, 0.05) is 12.0 Å². The zero-order chi connectivity index (χ0) is 20.0. The molecule has 0 fully saturated rings. The van der Waals surface area contributed by atoms with E-state index in [-0.39, 0.29) is 6.61 Å². The summed E-state index contributed by atoms with van der Waals surface area (Å²) in [6.45, 7) is 0.0457. The van der Waals surface area contributed by atoms with E-state index >= 15 is 0 Å². The van der Waals surface area contributed by atoms with Gasteiger partial charge in [0.25, 0.3) is 0 Å². The quantitative estimate of drug-likeness (QED) is 0.589. The molecule has 3 rings (SSSR count). The second-order valence-corrected chi connectivity index (χ2v) is 6.56. The minimum absolute atomic E-state index is 0.0457. The Balaban J connectivity index is 2.23. The fourth-order valence-corrected chi connectivity index (χ4v) is 3.73. The molecule has 0 spiro atoms. The molecule has 0 unspecified atom stereocenters. The van der Waals surface area contributed by atoms with E-state index in [9.17, 15) is 5.11 Å². The summed E-state index contributed by atoms with van der Waals surface area (Å²) in [5, 5.41) is 10.0. The summed E-state index contributed by atoms with van der Waals surface area (Å²) in [4.78, 5) is 0. The third-order valence-corrected chi connectivity index (χ3v) is 5.24. The van der Waals surface area contributed by atoms with Gasteiger partial charge in [-0.05, 0) is 59.5 Å². The molecule has 28 heavy (non-hydrogen) atoms. The molecule has 0 heterocycles. The van der Waals surface area contributed by atoms with Crippen molar-refractivity contribution >= 4 is 0 Å². The topological polar surface area (TPSA) is 47.9 Å². The molecule has 0 amide bonds. The minimum atomic E-state index is -0.514. The van der Waals surface area contributed by atoms with Crippen molar-refractivity contribution in [2.45, 2.75) is 11.8 Å². The van der Waals surface area contributed by atoms with Crippen molar-refractivity contribution in [2.24, 2.45) is 0 Å². The Morgan fingerprint density at radius 3 is 1.07 bits per heavy atom. The lowest BCUT2D eigenvalue weighted by molar-refractivity contribution is 0.265. The van der Waals surface area contributed by atoms with Gasteiger partial charge in [0.2, 0.25) is 0 Å². The largest absolute Gasteiger partial charge is 0.497 e. The third kappa shape index (κ3) is 3.69. The Kier molecular flexibility index (Phi) is 6.22. The van der Waals surface area contributed by atoms with E-state index in [4.69, 9.17) is 14.2 Å². The van der Waals surface area contributed by atoms with Crippen molar-refractivity contribution in [2.75, 3.05) is 27.9 Å². The molecule has 3 aromatic carbocycles. The first-order valence-electron chi connectivity index (χ1n) is 9.22. The third-order valence-electron chi connectivity index (χ3n) is 5.24. The van der Waals surface area contributed by atoms with Gasteiger partial charge in [0.05, 0.1) is 21.3 Å². The highest BCUT2D eigenvalue weighted by Crippen LogP contribution is 2.43. The van der Waals surface area contributed by atoms with Crippen LogP contribution in [-0.2, 0) is 5.41 Å². The van der Waals surface area contributed by atoms with E-state index in [1.807, 2.05) is 36.4 Å². The Morgan fingerprint density at radius 1 is 0.571 bits per heavy atom. The Bertz CT molecular complexity index is 752. The molecule has 0 saturated carbocycles. The van der Waals surface area contributed by atoms with Crippen LogP contribution in [0, 0.1) is 0 Å². The molecular weight excluding hydrogens is 352 g/mol. The molecule has 4 heteroatoms. The summed E-state index contributed by atoms with van der Waals surface area (Å²) in [5.74, 6) is 2.39. The van der Waals surface area contributed by atoms with Crippen molar-refractivity contribution in [1.29, 1.82) is 0 Å². The van der Waals surface area contributed by atoms with Gasteiger partial charge in [-0.3, -0.25) is 0 Å². The van der Waals surface area contributed by atoms with Gasteiger partial charge >= 0.3 is 0 Å². The molecule has 146 valence electrons. The highest BCUT2D eigenvalue weighted by atomic mass is 16.5. The van der Waals surface area contributed by atoms with Gasteiger partial charge in [-0.25, -0.2) is 0 Å². The molecular formula is C24H26O4. The van der Waals surface area contributed by atoms with Crippen LogP contribution in [0.2, 0.25) is 0 Å². The Morgan fingerprint density at radius 2 is 0.857 bits per heavy atom. The van der Waals surface area contributed by atoms with Crippen LogP contribution in [0.4, 0.5) is 0 Å². The first-order chi connectivity index (χ1) is 13.7. The molecule has 0 aliphatic heterocycles. The first-order valence-corrected chi connectivity index (χ1v) is 9.22. The van der Waals surface area contributed by atoms with E-state index in [0.29, 0.717) is 6.42 Å². The molecule has 0 bridgehead atoms. The molecule has 0 aliphatic rings. The Labute approximate surface area is 166 Å². The minimum Gasteiger partial charge on any atom is -0.497 e. The van der Waals surface area contributed by atoms with Crippen molar-refractivity contribution in [3.8, 4) is 17.2 Å². The van der Waals surface area contributed by atoms with E-state index in [1.54, 1.807) is 21.3 Å². The van der Waals surface area contributed by atoms with Crippen molar-refractivity contribution in [3.05, 3.63) is 89.5 Å². The summed E-state index contributed by atoms with van der Waals surface area (Å²) in [6.07, 6.45) is 0.540. The van der Waals surface area contributed by atoms with Crippen LogP contribution in [0.3, 0.4) is 0 Å². The van der Waals surface area contributed by atoms with Crippen LogP contribution >= 0.6 is 0 Å². The van der Waals surface area contributed by atoms with Crippen LogP contribution in [-0.4, -0.2) is 33.0 Å². The number of aliphatic hydroxyl groups excluding tert-OH is 1. The highest BCUT2D eigenvalue weighted by molar-refractivity contribution is 5.53. The summed E-state index contributed by atoms with van der Waals surface area (Å²) < 4.78 is 16.0. The van der Waals surface area contributed by atoms with Crippen LogP contribution < -0.4 is 14.2 Å². The predicted molar refractivity (Wildman–Crippen MR) is 111 cm³/mol. The molecule has 0 aromatic heterocycles. The fraction of sp³-hybridized carbons (Fsp3) is 0.250. The summed E-state index contributed by atoms with van der Waals surface area (Å²) in [5.41, 5.74) is 2.73. The van der Waals surface area contributed by atoms with E-state index < -0.39 is 5.41 Å². The molecule has 0 aliphatic carbocycles. The van der Waals surface area contributed by atoms with Gasteiger partial charge in [0.15, 0.2) is 0 Å². The number of rotatable bonds is 8. The number of ether oxygens (including phenoxy) is 3. The molecule has 0 radical (unpaired) electrons. The monoisotopic (exact) mass is 378 g/mol. The summed E-state index contributed by atoms with van der Waals surface area (Å²) >= 11 is 0. The Hall–Kier alpha value is -2.98. The number of benzene rings is 3. The lowest BCUT2D eigenvalue weighted by Crippen LogP contribution is -2.30. The fourth-order valence-electron chi connectivity index (χ4n) is 3.73. The van der Waals surface area contributed by atoms with Crippen LogP contribution in [0.25, 0.3) is 0 Å². The lowest BCUT2D eigenvalue weighted by Gasteiger charge is -2.36. The number of methoxy groups -OCH3 is 3. The van der Waals surface area contributed by atoms with E-state index in [2.05, 4.69) is 36.4 Å².